The third-order valence-corrected chi connectivity index (χ3v) is 4.65. The van der Waals surface area contributed by atoms with Crippen molar-refractivity contribution in [3.63, 3.8) is 0 Å². The first-order valence-electron chi connectivity index (χ1n) is 5.94. The molecule has 0 fully saturated rings. The van der Waals surface area contributed by atoms with Gasteiger partial charge in [-0.3, -0.25) is 9.40 Å². The number of rotatable bonds is 4. The van der Waals surface area contributed by atoms with Crippen LogP contribution in [0.2, 0.25) is 5.02 Å². The van der Waals surface area contributed by atoms with E-state index in [0.29, 0.717) is 22.8 Å². The fraction of sp³-hybridized carbons (Fsp3) is 0.250. The highest BCUT2D eigenvalue weighted by Crippen LogP contribution is 2.27. The number of hydrogen-bond donors (Lipinski definition) is 2. The molecule has 20 heavy (non-hydrogen) atoms. The Morgan fingerprint density at radius 3 is 2.70 bits per heavy atom. The van der Waals surface area contributed by atoms with Crippen molar-refractivity contribution >= 4 is 33.0 Å². The molecule has 0 saturated carbocycles. The maximum Gasteiger partial charge on any atom is 0.262 e. The molecule has 0 saturated heterocycles. The minimum atomic E-state index is -3.71. The van der Waals surface area contributed by atoms with Crippen molar-refractivity contribution in [3.05, 3.63) is 35.1 Å². The van der Waals surface area contributed by atoms with E-state index in [1.54, 1.807) is 17.8 Å². The van der Waals surface area contributed by atoms with Gasteiger partial charge in [0.1, 0.15) is 0 Å². The molecule has 0 aliphatic rings. The lowest BCUT2D eigenvalue weighted by molar-refractivity contribution is 0.601. The van der Waals surface area contributed by atoms with Gasteiger partial charge in [-0.2, -0.15) is 5.10 Å². The number of anilines is 2. The lowest BCUT2D eigenvalue weighted by atomic mass is 10.2. The Hall–Kier alpha value is -1.73. The topological polar surface area (TPSA) is 90.0 Å². The number of sulfonamides is 1. The summed E-state index contributed by atoms with van der Waals surface area (Å²) >= 11 is 5.93. The van der Waals surface area contributed by atoms with Crippen molar-refractivity contribution in [3.8, 4) is 0 Å². The normalized spacial score (nSPS) is 11.6. The molecular weight excluding hydrogens is 300 g/mol. The SMILES string of the molecule is CCn1cc(NS(=O)(=O)c2cc(C)c(Cl)c(N)c2)cn1. The van der Waals surface area contributed by atoms with Crippen LogP contribution in [0.15, 0.2) is 29.4 Å². The monoisotopic (exact) mass is 314 g/mol. The van der Waals surface area contributed by atoms with Crippen LogP contribution < -0.4 is 10.5 Å². The summed E-state index contributed by atoms with van der Waals surface area (Å²) in [5.41, 5.74) is 6.94. The summed E-state index contributed by atoms with van der Waals surface area (Å²) in [5, 5.41) is 4.37. The Bertz CT molecular complexity index is 717. The van der Waals surface area contributed by atoms with E-state index in [-0.39, 0.29) is 10.6 Å². The Morgan fingerprint density at radius 2 is 2.15 bits per heavy atom. The zero-order valence-electron chi connectivity index (χ0n) is 11.1. The van der Waals surface area contributed by atoms with E-state index in [1.807, 2.05) is 6.92 Å². The number of hydrogen-bond acceptors (Lipinski definition) is 4. The maximum atomic E-state index is 12.3. The van der Waals surface area contributed by atoms with Crippen LogP contribution in [0, 0.1) is 6.92 Å². The van der Waals surface area contributed by atoms with Crippen molar-refractivity contribution in [2.75, 3.05) is 10.5 Å². The minimum absolute atomic E-state index is 0.0705. The molecule has 0 radical (unpaired) electrons. The highest BCUT2D eigenvalue weighted by atomic mass is 35.5. The molecule has 8 heteroatoms. The van der Waals surface area contributed by atoms with E-state index >= 15 is 0 Å². The first-order valence-corrected chi connectivity index (χ1v) is 7.80. The van der Waals surface area contributed by atoms with Gasteiger partial charge in [0, 0.05) is 12.7 Å². The summed E-state index contributed by atoms with van der Waals surface area (Å²) in [6.07, 6.45) is 3.07. The van der Waals surface area contributed by atoms with Gasteiger partial charge in [-0.05, 0) is 31.5 Å². The molecule has 0 spiro atoms. The van der Waals surface area contributed by atoms with Crippen LogP contribution in [-0.2, 0) is 16.6 Å². The second-order valence-corrected chi connectivity index (χ2v) is 6.39. The fourth-order valence-corrected chi connectivity index (χ4v) is 2.98. The summed E-state index contributed by atoms with van der Waals surface area (Å²) < 4.78 is 28.6. The number of nitrogens with two attached hydrogens (primary N) is 1. The number of aromatic nitrogens is 2. The zero-order valence-corrected chi connectivity index (χ0v) is 12.7. The number of nitrogens with one attached hydrogen (secondary N) is 1. The molecule has 0 unspecified atom stereocenters. The first kappa shape index (κ1) is 14.7. The molecule has 0 amide bonds. The summed E-state index contributed by atoms with van der Waals surface area (Å²) in [6, 6.07) is 2.81. The van der Waals surface area contributed by atoms with E-state index in [9.17, 15) is 8.42 Å². The van der Waals surface area contributed by atoms with Gasteiger partial charge >= 0.3 is 0 Å². The van der Waals surface area contributed by atoms with Gasteiger partial charge in [0.05, 0.1) is 27.5 Å². The van der Waals surface area contributed by atoms with Gasteiger partial charge in [0.25, 0.3) is 10.0 Å². The predicted molar refractivity (Wildman–Crippen MR) is 79.3 cm³/mol. The Balaban J connectivity index is 2.35. The molecule has 0 aliphatic carbocycles. The minimum Gasteiger partial charge on any atom is -0.397 e. The third kappa shape index (κ3) is 2.88. The van der Waals surface area contributed by atoms with Crippen molar-refractivity contribution in [2.45, 2.75) is 25.3 Å². The Morgan fingerprint density at radius 1 is 1.45 bits per heavy atom. The molecule has 3 N–H and O–H groups in total. The summed E-state index contributed by atoms with van der Waals surface area (Å²) in [7, 11) is -3.71. The molecule has 2 aromatic rings. The molecule has 6 nitrogen and oxygen atoms in total. The highest BCUT2D eigenvalue weighted by molar-refractivity contribution is 7.92. The molecule has 0 atom stereocenters. The zero-order chi connectivity index (χ0) is 14.9. The third-order valence-electron chi connectivity index (χ3n) is 2.78. The van der Waals surface area contributed by atoms with Gasteiger partial charge in [-0.25, -0.2) is 8.42 Å². The summed E-state index contributed by atoms with van der Waals surface area (Å²) in [4.78, 5) is 0.0705. The van der Waals surface area contributed by atoms with E-state index in [1.165, 1.54) is 18.3 Å². The van der Waals surface area contributed by atoms with E-state index in [0.717, 1.165) is 0 Å². The predicted octanol–water partition coefficient (Wildman–Crippen LogP) is 2.25. The van der Waals surface area contributed by atoms with Crippen LogP contribution in [0.5, 0.6) is 0 Å². The average molecular weight is 315 g/mol. The first-order chi connectivity index (χ1) is 9.33. The number of benzene rings is 1. The number of nitrogen functional groups attached to an aromatic ring is 1. The van der Waals surface area contributed by atoms with Crippen molar-refractivity contribution < 1.29 is 8.42 Å². The molecule has 0 aliphatic heterocycles. The van der Waals surface area contributed by atoms with Crippen molar-refractivity contribution in [1.82, 2.24) is 9.78 Å². The average Bonchev–Trinajstić information content (AvgIpc) is 2.82. The molecule has 2 rings (SSSR count). The van der Waals surface area contributed by atoms with E-state index < -0.39 is 10.0 Å². The molecule has 1 aromatic heterocycles. The summed E-state index contributed by atoms with van der Waals surface area (Å²) in [6.45, 7) is 4.27. The molecule has 0 bridgehead atoms. The quantitative estimate of drug-likeness (QED) is 0.847. The molecular formula is C12H15ClN4O2S. The van der Waals surface area contributed by atoms with Crippen molar-refractivity contribution in [2.24, 2.45) is 0 Å². The van der Waals surface area contributed by atoms with Gasteiger partial charge in [-0.1, -0.05) is 11.6 Å². The van der Waals surface area contributed by atoms with Gasteiger partial charge in [-0.15, -0.1) is 0 Å². The lowest BCUT2D eigenvalue weighted by Gasteiger charge is -2.09. The Labute approximate surface area is 122 Å². The second kappa shape index (κ2) is 5.34. The highest BCUT2D eigenvalue weighted by Gasteiger charge is 2.17. The lowest BCUT2D eigenvalue weighted by Crippen LogP contribution is -2.13. The van der Waals surface area contributed by atoms with Crippen LogP contribution in [-0.4, -0.2) is 18.2 Å². The molecule has 1 aromatic carbocycles. The van der Waals surface area contributed by atoms with Gasteiger partial charge in [0.2, 0.25) is 0 Å². The number of nitrogens with zero attached hydrogens (tertiary/aromatic N) is 2. The molecule has 108 valence electrons. The van der Waals surface area contributed by atoms with E-state index in [4.69, 9.17) is 17.3 Å². The van der Waals surface area contributed by atoms with Crippen LogP contribution in [0.1, 0.15) is 12.5 Å². The van der Waals surface area contributed by atoms with Gasteiger partial charge < -0.3 is 5.73 Å². The van der Waals surface area contributed by atoms with Crippen LogP contribution in [0.4, 0.5) is 11.4 Å². The van der Waals surface area contributed by atoms with Gasteiger partial charge in [0.15, 0.2) is 0 Å². The maximum absolute atomic E-state index is 12.3. The van der Waals surface area contributed by atoms with Crippen LogP contribution in [0.3, 0.4) is 0 Å². The standard InChI is InChI=1S/C12H15ClN4O2S/c1-3-17-7-9(6-15-17)16-20(18,19)10-4-8(2)12(13)11(14)5-10/h4-7,16H,3,14H2,1-2H3. The fourth-order valence-electron chi connectivity index (χ4n) is 1.72. The largest absolute Gasteiger partial charge is 0.397 e. The smallest absolute Gasteiger partial charge is 0.262 e. The van der Waals surface area contributed by atoms with Crippen molar-refractivity contribution in [1.29, 1.82) is 0 Å². The number of halogens is 1. The summed E-state index contributed by atoms with van der Waals surface area (Å²) in [5.74, 6) is 0. The number of aryl methyl sites for hydroxylation is 2. The van der Waals surface area contributed by atoms with Crippen LogP contribution >= 0.6 is 11.6 Å². The Kier molecular flexibility index (Phi) is 3.92. The van der Waals surface area contributed by atoms with Crippen LogP contribution in [0.25, 0.3) is 0 Å². The van der Waals surface area contributed by atoms with E-state index in [2.05, 4.69) is 9.82 Å². The second-order valence-electron chi connectivity index (χ2n) is 4.33. The molecule has 1 heterocycles.